The summed E-state index contributed by atoms with van der Waals surface area (Å²) < 4.78 is 1.05. The molecule has 0 bridgehead atoms. The van der Waals surface area contributed by atoms with Gasteiger partial charge in [0.25, 0.3) is 0 Å². The van der Waals surface area contributed by atoms with Gasteiger partial charge in [-0.25, -0.2) is 0 Å². The molecule has 0 aliphatic heterocycles. The summed E-state index contributed by atoms with van der Waals surface area (Å²) in [7, 11) is 0. The van der Waals surface area contributed by atoms with Crippen molar-refractivity contribution in [1.29, 1.82) is 0 Å². The normalized spacial score (nSPS) is 8.00. The van der Waals surface area contributed by atoms with Gasteiger partial charge < -0.3 is 5.11 Å². The Morgan fingerprint density at radius 1 is 1.21 bits per heavy atom. The molecule has 0 amide bonds. The fourth-order valence-electron chi connectivity index (χ4n) is 0.754. The first kappa shape index (κ1) is 13.2. The van der Waals surface area contributed by atoms with E-state index >= 15 is 0 Å². The van der Waals surface area contributed by atoms with Gasteiger partial charge in [-0.3, -0.25) is 0 Å². The SMILES string of the molecule is CC.OCCC#Cc1ccc(Br)cc1. The van der Waals surface area contributed by atoms with E-state index in [-0.39, 0.29) is 6.61 Å². The van der Waals surface area contributed by atoms with Gasteiger partial charge in [-0.2, -0.15) is 0 Å². The van der Waals surface area contributed by atoms with E-state index in [4.69, 9.17) is 5.11 Å². The van der Waals surface area contributed by atoms with Crippen LogP contribution < -0.4 is 0 Å². The Balaban J connectivity index is 0.000000791. The third-order valence-electron chi connectivity index (χ3n) is 1.31. The van der Waals surface area contributed by atoms with Crippen LogP contribution in [0.1, 0.15) is 25.8 Å². The maximum absolute atomic E-state index is 8.48. The van der Waals surface area contributed by atoms with Crippen LogP contribution in [0.5, 0.6) is 0 Å². The lowest BCUT2D eigenvalue weighted by Crippen LogP contribution is -1.77. The van der Waals surface area contributed by atoms with Crippen LogP contribution in [0.2, 0.25) is 0 Å². The highest BCUT2D eigenvalue weighted by Crippen LogP contribution is 2.09. The topological polar surface area (TPSA) is 20.2 Å². The van der Waals surface area contributed by atoms with Crippen LogP contribution in [0.3, 0.4) is 0 Å². The second-order valence-electron chi connectivity index (χ2n) is 2.28. The van der Waals surface area contributed by atoms with Crippen molar-refractivity contribution in [1.82, 2.24) is 0 Å². The third kappa shape index (κ3) is 5.80. The lowest BCUT2D eigenvalue weighted by atomic mass is 10.2. The second kappa shape index (κ2) is 8.80. The number of aliphatic hydroxyl groups excluding tert-OH is 1. The van der Waals surface area contributed by atoms with Crippen molar-refractivity contribution < 1.29 is 5.11 Å². The van der Waals surface area contributed by atoms with Crippen LogP contribution in [-0.4, -0.2) is 11.7 Å². The Morgan fingerprint density at radius 2 is 1.79 bits per heavy atom. The molecule has 1 nitrogen and oxygen atoms in total. The number of benzene rings is 1. The van der Waals surface area contributed by atoms with E-state index < -0.39 is 0 Å². The molecule has 0 unspecified atom stereocenters. The van der Waals surface area contributed by atoms with E-state index in [1.54, 1.807) is 0 Å². The van der Waals surface area contributed by atoms with Crippen molar-refractivity contribution in [2.45, 2.75) is 20.3 Å². The Labute approximate surface area is 94.3 Å². The number of halogens is 1. The monoisotopic (exact) mass is 254 g/mol. The van der Waals surface area contributed by atoms with Crippen LogP contribution in [0, 0.1) is 11.8 Å². The zero-order valence-electron chi connectivity index (χ0n) is 8.55. The van der Waals surface area contributed by atoms with Crippen molar-refractivity contribution in [2.75, 3.05) is 6.61 Å². The highest BCUT2D eigenvalue weighted by Gasteiger charge is 1.85. The van der Waals surface area contributed by atoms with Crippen molar-refractivity contribution >= 4 is 15.9 Å². The Bertz CT molecular complexity index is 292. The maximum Gasteiger partial charge on any atom is 0.0540 e. The largest absolute Gasteiger partial charge is 0.395 e. The zero-order valence-corrected chi connectivity index (χ0v) is 10.1. The molecule has 0 aliphatic carbocycles. The van der Waals surface area contributed by atoms with E-state index in [0.29, 0.717) is 6.42 Å². The van der Waals surface area contributed by atoms with Crippen molar-refractivity contribution in [3.8, 4) is 11.8 Å². The van der Waals surface area contributed by atoms with Crippen LogP contribution >= 0.6 is 15.9 Å². The van der Waals surface area contributed by atoms with Gasteiger partial charge in [0.15, 0.2) is 0 Å². The fourth-order valence-corrected chi connectivity index (χ4v) is 1.02. The van der Waals surface area contributed by atoms with Crippen LogP contribution in [0.25, 0.3) is 0 Å². The molecule has 0 radical (unpaired) electrons. The number of hydrogen-bond donors (Lipinski definition) is 1. The van der Waals surface area contributed by atoms with Crippen LogP contribution in [-0.2, 0) is 0 Å². The van der Waals surface area contributed by atoms with Gasteiger partial charge >= 0.3 is 0 Å². The predicted octanol–water partition coefficient (Wildman–Crippen LogP) is 3.21. The maximum atomic E-state index is 8.48. The van der Waals surface area contributed by atoms with E-state index in [1.165, 1.54) is 0 Å². The van der Waals surface area contributed by atoms with Crippen molar-refractivity contribution in [2.24, 2.45) is 0 Å². The summed E-state index contributed by atoms with van der Waals surface area (Å²) in [6.45, 7) is 4.13. The van der Waals surface area contributed by atoms with Gasteiger partial charge in [0.2, 0.25) is 0 Å². The molecule has 76 valence electrons. The summed E-state index contributed by atoms with van der Waals surface area (Å²) in [5.41, 5.74) is 0.978. The van der Waals surface area contributed by atoms with Gasteiger partial charge in [0.05, 0.1) is 6.61 Å². The molecule has 0 fully saturated rings. The molecule has 2 heteroatoms. The standard InChI is InChI=1S/C10H9BrO.C2H6/c11-10-6-4-9(5-7-10)3-1-2-8-12;1-2/h4-7,12H,2,8H2;1-2H3. The summed E-state index contributed by atoms with van der Waals surface area (Å²) in [5, 5.41) is 8.48. The minimum Gasteiger partial charge on any atom is -0.395 e. The highest BCUT2D eigenvalue weighted by molar-refractivity contribution is 9.10. The molecule has 14 heavy (non-hydrogen) atoms. The average Bonchev–Trinajstić information content (AvgIpc) is 2.24. The van der Waals surface area contributed by atoms with E-state index in [2.05, 4.69) is 27.8 Å². The number of rotatable bonds is 1. The minimum atomic E-state index is 0.129. The van der Waals surface area contributed by atoms with Crippen LogP contribution in [0.4, 0.5) is 0 Å². The van der Waals surface area contributed by atoms with E-state index in [1.807, 2.05) is 38.1 Å². The molecule has 0 saturated heterocycles. The first-order valence-electron chi connectivity index (χ1n) is 4.68. The zero-order chi connectivity index (χ0) is 10.8. The third-order valence-corrected chi connectivity index (χ3v) is 1.84. The summed E-state index contributed by atoms with van der Waals surface area (Å²) in [6.07, 6.45) is 0.538. The fraction of sp³-hybridized carbons (Fsp3) is 0.333. The lowest BCUT2D eigenvalue weighted by molar-refractivity contribution is 0.305. The molecular weight excluding hydrogens is 240 g/mol. The molecule has 0 aliphatic rings. The molecule has 1 aromatic rings. The quantitative estimate of drug-likeness (QED) is 0.764. The molecule has 0 heterocycles. The molecule has 0 aromatic heterocycles. The van der Waals surface area contributed by atoms with Crippen molar-refractivity contribution in [3.05, 3.63) is 34.3 Å². The van der Waals surface area contributed by atoms with Gasteiger partial charge in [-0.15, -0.1) is 0 Å². The second-order valence-corrected chi connectivity index (χ2v) is 3.20. The Hall–Kier alpha value is -0.780. The lowest BCUT2D eigenvalue weighted by Gasteiger charge is -1.89. The van der Waals surface area contributed by atoms with Gasteiger partial charge in [-0.05, 0) is 24.3 Å². The first-order chi connectivity index (χ1) is 6.83. The number of hydrogen-bond acceptors (Lipinski definition) is 1. The average molecular weight is 255 g/mol. The highest BCUT2D eigenvalue weighted by atomic mass is 79.9. The van der Waals surface area contributed by atoms with E-state index in [9.17, 15) is 0 Å². The molecule has 0 saturated carbocycles. The Morgan fingerprint density at radius 3 is 2.29 bits per heavy atom. The van der Waals surface area contributed by atoms with Crippen molar-refractivity contribution in [3.63, 3.8) is 0 Å². The summed E-state index contributed by atoms with van der Waals surface area (Å²) in [6, 6.07) is 7.77. The number of aliphatic hydroxyl groups is 1. The summed E-state index contributed by atoms with van der Waals surface area (Å²) >= 11 is 3.34. The molecule has 1 aromatic carbocycles. The van der Waals surface area contributed by atoms with Gasteiger partial charge in [0.1, 0.15) is 0 Å². The van der Waals surface area contributed by atoms with E-state index in [0.717, 1.165) is 10.0 Å². The molecule has 0 atom stereocenters. The predicted molar refractivity (Wildman–Crippen MR) is 64.1 cm³/mol. The summed E-state index contributed by atoms with van der Waals surface area (Å²) in [5.74, 6) is 5.80. The molecule has 1 rings (SSSR count). The smallest absolute Gasteiger partial charge is 0.0540 e. The minimum absolute atomic E-state index is 0.129. The molecule has 0 spiro atoms. The van der Waals surface area contributed by atoms with Crippen LogP contribution in [0.15, 0.2) is 28.7 Å². The Kier molecular flexibility index (Phi) is 8.31. The summed E-state index contributed by atoms with van der Waals surface area (Å²) in [4.78, 5) is 0. The molecule has 1 N–H and O–H groups in total. The first-order valence-corrected chi connectivity index (χ1v) is 5.47. The van der Waals surface area contributed by atoms with Gasteiger partial charge in [-0.1, -0.05) is 41.6 Å². The molecular formula is C12H15BrO. The van der Waals surface area contributed by atoms with Gasteiger partial charge in [0, 0.05) is 16.5 Å².